The third-order valence-electron chi connectivity index (χ3n) is 2.13. The number of hydrogen-bond acceptors (Lipinski definition) is 6. The molecule has 1 amide bonds. The van der Waals surface area contributed by atoms with Crippen molar-refractivity contribution in [3.8, 4) is 5.75 Å². The number of alkyl halides is 3. The molecule has 2 rings (SSSR count). The summed E-state index contributed by atoms with van der Waals surface area (Å²) in [7, 11) is 0. The zero-order chi connectivity index (χ0) is 15.5. The van der Waals surface area contributed by atoms with E-state index >= 15 is 0 Å². The van der Waals surface area contributed by atoms with Crippen molar-refractivity contribution in [1.29, 1.82) is 0 Å². The molecule has 0 saturated carbocycles. The largest absolute Gasteiger partial charge is 0.507 e. The highest BCUT2D eigenvalue weighted by molar-refractivity contribution is 8.01. The molecule has 2 aromatic rings. The lowest BCUT2D eigenvalue weighted by Gasteiger charge is -2.03. The Morgan fingerprint density at radius 1 is 1.33 bits per heavy atom. The molecule has 5 nitrogen and oxygen atoms in total. The molecule has 0 radical (unpaired) electrons. The van der Waals surface area contributed by atoms with Gasteiger partial charge in [0.25, 0.3) is 5.91 Å². The van der Waals surface area contributed by atoms with Crippen molar-refractivity contribution < 1.29 is 23.1 Å². The lowest BCUT2D eigenvalue weighted by molar-refractivity contribution is -0.105. The number of para-hydroxylation sites is 1. The first-order valence-electron chi connectivity index (χ1n) is 5.47. The van der Waals surface area contributed by atoms with Crippen LogP contribution in [-0.4, -0.2) is 33.1 Å². The third-order valence-corrected chi connectivity index (χ3v) is 4.17. The highest BCUT2D eigenvalue weighted by atomic mass is 32.2. The standard InChI is InChI=1S/C11H8F3N3O2S2/c12-11(13,14)5-20-10-17-16-9(21-10)15-8(19)6-3-1-2-4-7(6)18/h1-4,18H,5H2,(H,15,16,19). The van der Waals surface area contributed by atoms with Crippen LogP contribution in [0.4, 0.5) is 18.3 Å². The summed E-state index contributed by atoms with van der Waals surface area (Å²) >= 11 is 1.32. The van der Waals surface area contributed by atoms with Crippen LogP contribution in [-0.2, 0) is 0 Å². The quantitative estimate of drug-likeness (QED) is 0.663. The van der Waals surface area contributed by atoms with Gasteiger partial charge in [0, 0.05) is 0 Å². The second kappa shape index (κ2) is 6.31. The Balaban J connectivity index is 1.99. The summed E-state index contributed by atoms with van der Waals surface area (Å²) in [6, 6.07) is 5.88. The molecule has 0 aliphatic heterocycles. The Labute approximate surface area is 125 Å². The van der Waals surface area contributed by atoms with E-state index in [1.807, 2.05) is 0 Å². The monoisotopic (exact) mass is 335 g/mol. The molecule has 1 heterocycles. The fourth-order valence-electron chi connectivity index (χ4n) is 1.29. The van der Waals surface area contributed by atoms with E-state index in [-0.39, 0.29) is 20.8 Å². The molecular weight excluding hydrogens is 327 g/mol. The van der Waals surface area contributed by atoms with E-state index in [2.05, 4.69) is 15.5 Å². The van der Waals surface area contributed by atoms with Gasteiger partial charge in [-0.1, -0.05) is 35.2 Å². The van der Waals surface area contributed by atoms with Crippen molar-refractivity contribution in [2.24, 2.45) is 0 Å². The van der Waals surface area contributed by atoms with Gasteiger partial charge in [-0.3, -0.25) is 10.1 Å². The number of halogens is 3. The molecule has 0 atom stereocenters. The maximum absolute atomic E-state index is 12.1. The first-order chi connectivity index (χ1) is 9.85. The zero-order valence-corrected chi connectivity index (χ0v) is 11.8. The molecule has 1 aromatic carbocycles. The summed E-state index contributed by atoms with van der Waals surface area (Å²) in [6.07, 6.45) is -4.30. The van der Waals surface area contributed by atoms with Gasteiger partial charge in [0.1, 0.15) is 5.75 Å². The van der Waals surface area contributed by atoms with E-state index in [0.717, 1.165) is 11.3 Å². The van der Waals surface area contributed by atoms with Gasteiger partial charge >= 0.3 is 6.18 Å². The minimum Gasteiger partial charge on any atom is -0.507 e. The zero-order valence-electron chi connectivity index (χ0n) is 10.2. The molecule has 112 valence electrons. The van der Waals surface area contributed by atoms with Gasteiger partial charge in [0.2, 0.25) is 5.13 Å². The lowest BCUT2D eigenvalue weighted by Crippen LogP contribution is -2.11. The molecule has 21 heavy (non-hydrogen) atoms. The number of phenols is 1. The van der Waals surface area contributed by atoms with Crippen molar-refractivity contribution in [1.82, 2.24) is 10.2 Å². The predicted molar refractivity (Wildman–Crippen MR) is 72.7 cm³/mol. The van der Waals surface area contributed by atoms with Crippen molar-refractivity contribution in [3.63, 3.8) is 0 Å². The number of aromatic hydroxyl groups is 1. The van der Waals surface area contributed by atoms with Crippen LogP contribution in [0.1, 0.15) is 10.4 Å². The average molecular weight is 335 g/mol. The van der Waals surface area contributed by atoms with Crippen molar-refractivity contribution in [3.05, 3.63) is 29.8 Å². The first kappa shape index (κ1) is 15.6. The van der Waals surface area contributed by atoms with Gasteiger partial charge in [0.15, 0.2) is 4.34 Å². The van der Waals surface area contributed by atoms with Crippen LogP contribution in [0.2, 0.25) is 0 Å². The van der Waals surface area contributed by atoms with Gasteiger partial charge in [-0.2, -0.15) is 13.2 Å². The number of hydrogen-bond donors (Lipinski definition) is 2. The molecule has 0 aliphatic carbocycles. The second-order valence-corrected chi connectivity index (χ2v) is 5.95. The Morgan fingerprint density at radius 3 is 2.71 bits per heavy atom. The van der Waals surface area contributed by atoms with Crippen molar-refractivity contribution >= 4 is 34.1 Å². The van der Waals surface area contributed by atoms with E-state index in [9.17, 15) is 23.1 Å². The summed E-state index contributed by atoms with van der Waals surface area (Å²) < 4.78 is 36.3. The average Bonchev–Trinajstić information content (AvgIpc) is 2.83. The molecule has 0 aliphatic rings. The van der Waals surface area contributed by atoms with Crippen molar-refractivity contribution in [2.45, 2.75) is 10.5 Å². The van der Waals surface area contributed by atoms with Crippen LogP contribution in [0, 0.1) is 0 Å². The maximum atomic E-state index is 12.1. The molecule has 0 fully saturated rings. The first-order valence-corrected chi connectivity index (χ1v) is 7.28. The number of benzene rings is 1. The van der Waals surface area contributed by atoms with Crippen LogP contribution < -0.4 is 5.32 Å². The van der Waals surface area contributed by atoms with Crippen LogP contribution in [0.5, 0.6) is 5.75 Å². The Kier molecular flexibility index (Phi) is 4.68. The van der Waals surface area contributed by atoms with Crippen LogP contribution >= 0.6 is 23.1 Å². The van der Waals surface area contributed by atoms with Gasteiger partial charge in [0.05, 0.1) is 11.3 Å². The predicted octanol–water partition coefficient (Wildman–Crippen LogP) is 3.15. The number of thioether (sulfide) groups is 1. The Morgan fingerprint density at radius 2 is 2.05 bits per heavy atom. The summed E-state index contributed by atoms with van der Waals surface area (Å²) in [5.41, 5.74) is 0.0391. The second-order valence-electron chi connectivity index (χ2n) is 3.75. The molecule has 1 aromatic heterocycles. The highest BCUT2D eigenvalue weighted by Gasteiger charge is 2.28. The summed E-state index contributed by atoms with van der Waals surface area (Å²) in [5, 5.41) is 19.1. The number of nitrogens with one attached hydrogen (secondary N) is 1. The summed E-state index contributed by atoms with van der Waals surface area (Å²) in [4.78, 5) is 11.8. The fourth-order valence-corrected chi connectivity index (χ4v) is 2.80. The number of amides is 1. The van der Waals surface area contributed by atoms with E-state index in [1.165, 1.54) is 12.1 Å². The molecular formula is C11H8F3N3O2S2. The molecule has 2 N–H and O–H groups in total. The topological polar surface area (TPSA) is 75.1 Å². The Hall–Kier alpha value is -1.81. The molecule has 0 bridgehead atoms. The van der Waals surface area contributed by atoms with E-state index in [0.29, 0.717) is 11.8 Å². The number of carbonyl (C=O) groups is 1. The SMILES string of the molecule is O=C(Nc1nnc(SCC(F)(F)F)s1)c1ccccc1O. The van der Waals surface area contributed by atoms with Crippen molar-refractivity contribution in [2.75, 3.05) is 11.1 Å². The van der Waals surface area contributed by atoms with Gasteiger partial charge in [-0.15, -0.1) is 10.2 Å². The molecule has 0 unspecified atom stereocenters. The maximum Gasteiger partial charge on any atom is 0.398 e. The summed E-state index contributed by atoms with van der Waals surface area (Å²) in [5.74, 6) is -1.89. The van der Waals surface area contributed by atoms with Crippen LogP contribution in [0.25, 0.3) is 0 Å². The molecule has 0 spiro atoms. The number of rotatable bonds is 4. The fraction of sp³-hybridized carbons (Fsp3) is 0.182. The van der Waals surface area contributed by atoms with Crippen LogP contribution in [0.3, 0.4) is 0 Å². The number of nitrogens with zero attached hydrogens (tertiary/aromatic N) is 2. The smallest absolute Gasteiger partial charge is 0.398 e. The number of phenolic OH excluding ortho intramolecular Hbond substituents is 1. The van der Waals surface area contributed by atoms with E-state index in [4.69, 9.17) is 0 Å². The van der Waals surface area contributed by atoms with Gasteiger partial charge in [-0.25, -0.2) is 0 Å². The van der Waals surface area contributed by atoms with Crippen LogP contribution in [0.15, 0.2) is 28.6 Å². The molecule has 10 heteroatoms. The third kappa shape index (κ3) is 4.60. The normalized spacial score (nSPS) is 11.4. The minimum atomic E-state index is -4.30. The Bertz CT molecular complexity index is 646. The highest BCUT2D eigenvalue weighted by Crippen LogP contribution is 2.31. The van der Waals surface area contributed by atoms with Gasteiger partial charge in [-0.05, 0) is 12.1 Å². The minimum absolute atomic E-state index is 0.0391. The number of anilines is 1. The molecule has 0 saturated heterocycles. The number of carbonyl (C=O) groups excluding carboxylic acids is 1. The number of aromatic nitrogens is 2. The lowest BCUT2D eigenvalue weighted by atomic mass is 10.2. The summed E-state index contributed by atoms with van der Waals surface area (Å²) in [6.45, 7) is 0. The van der Waals surface area contributed by atoms with Gasteiger partial charge < -0.3 is 5.11 Å². The van der Waals surface area contributed by atoms with E-state index < -0.39 is 17.8 Å². The van der Waals surface area contributed by atoms with E-state index in [1.54, 1.807) is 12.1 Å².